The highest BCUT2D eigenvalue weighted by atomic mass is 127. The van der Waals surface area contributed by atoms with Crippen LogP contribution in [-0.4, -0.2) is 138 Å². The summed E-state index contributed by atoms with van der Waals surface area (Å²) in [5.74, 6) is -6.42. The summed E-state index contributed by atoms with van der Waals surface area (Å²) in [6.45, 7) is 3.89. The highest BCUT2D eigenvalue weighted by Gasteiger charge is 2.31. The lowest BCUT2D eigenvalue weighted by Crippen LogP contribution is -2.48. The topological polar surface area (TPSA) is 277 Å². The summed E-state index contributed by atoms with van der Waals surface area (Å²) in [7, 11) is 0. The average molecular weight is 1880 g/mol. The number of aromatic nitrogens is 10. The Hall–Kier alpha value is -12.5. The Morgan fingerprint density at radius 3 is 1.32 bits per heavy atom. The highest BCUT2D eigenvalue weighted by molar-refractivity contribution is 14.1. The van der Waals surface area contributed by atoms with Crippen LogP contribution in [0.25, 0.3) is 77.3 Å². The largest absolute Gasteiger partial charge is 0.489 e. The molecule has 6 heterocycles. The lowest BCUT2D eigenvalue weighted by molar-refractivity contribution is -0.137. The molecule has 2 aliphatic rings. The number of fused-ring (bicyclic) bond motifs is 5. The summed E-state index contributed by atoms with van der Waals surface area (Å²) < 4.78 is 84.6. The van der Waals surface area contributed by atoms with Crippen molar-refractivity contribution in [3.8, 4) is 28.5 Å². The fourth-order valence-corrected chi connectivity index (χ4v) is 14.0. The van der Waals surface area contributed by atoms with Gasteiger partial charge in [0.1, 0.15) is 40.9 Å². The molecule has 120 heavy (non-hydrogen) atoms. The van der Waals surface area contributed by atoms with Gasteiger partial charge in [0, 0.05) is 62.7 Å². The number of carboxylic acids is 1. The van der Waals surface area contributed by atoms with Crippen molar-refractivity contribution >= 4 is 156 Å². The number of halogens is 9. The van der Waals surface area contributed by atoms with Crippen molar-refractivity contribution in [3.63, 3.8) is 0 Å². The van der Waals surface area contributed by atoms with Gasteiger partial charge in [-0.2, -0.15) is 25.5 Å². The summed E-state index contributed by atoms with van der Waals surface area (Å²) in [5, 5.41) is 51.3. The molecule has 2 atom stereocenters. The monoisotopic (exact) mass is 1880 g/mol. The molecule has 608 valence electrons. The second-order valence-electron chi connectivity index (χ2n) is 27.2. The van der Waals surface area contributed by atoms with Crippen molar-refractivity contribution in [3.05, 3.63) is 330 Å². The Bertz CT molecular complexity index is 6370. The molecule has 22 nitrogen and oxygen atoms in total. The number of carbonyl (C=O) groups is 6. The van der Waals surface area contributed by atoms with E-state index in [0.29, 0.717) is 67.1 Å². The number of rotatable bonds is 18. The average Bonchev–Trinajstić information content (AvgIpc) is 1.72. The van der Waals surface area contributed by atoms with Crippen LogP contribution in [0.5, 0.6) is 5.75 Å². The number of aliphatic carboxylic acids is 1. The second-order valence-corrected chi connectivity index (χ2v) is 30.7. The van der Waals surface area contributed by atoms with E-state index in [1.807, 2.05) is 36.4 Å². The van der Waals surface area contributed by atoms with E-state index >= 15 is 0 Å². The number of benzene rings is 11. The number of aliphatic hydroxyl groups is 1. The molecule has 1 amide bonds. The van der Waals surface area contributed by atoms with Gasteiger partial charge in [0.25, 0.3) is 17.5 Å². The molecule has 1 saturated heterocycles. The minimum Gasteiger partial charge on any atom is -0.489 e. The van der Waals surface area contributed by atoms with Gasteiger partial charge < -0.3 is 29.9 Å². The quantitative estimate of drug-likeness (QED) is 0.0204. The molecule has 18 rings (SSSR count). The molecular formula is C89H69Br2ClF5IN12O10. The van der Waals surface area contributed by atoms with Crippen LogP contribution in [0.2, 0.25) is 5.02 Å². The number of aromatic amines is 1. The van der Waals surface area contributed by atoms with Crippen molar-refractivity contribution < 1.29 is 70.4 Å². The molecule has 0 radical (unpaired) electrons. The van der Waals surface area contributed by atoms with Gasteiger partial charge in [-0.1, -0.05) is 49.5 Å². The Morgan fingerprint density at radius 1 is 0.508 bits per heavy atom. The number of carbonyl (C=O) groups excluding carboxylic acids is 5. The van der Waals surface area contributed by atoms with Gasteiger partial charge in [-0.05, 0) is 298 Å². The summed E-state index contributed by atoms with van der Waals surface area (Å²) in [6, 6.07) is 60.9. The Labute approximate surface area is 716 Å². The highest BCUT2D eigenvalue weighted by Crippen LogP contribution is 2.35. The van der Waals surface area contributed by atoms with Gasteiger partial charge in [0.15, 0.2) is 0 Å². The number of ether oxygens (including phenoxy) is 2. The summed E-state index contributed by atoms with van der Waals surface area (Å²) >= 11 is 15.4. The number of ketones is 3. The molecule has 11 aromatic carbocycles. The molecule has 5 aromatic heterocycles. The van der Waals surface area contributed by atoms with Crippen molar-refractivity contribution in [2.24, 2.45) is 0 Å². The zero-order chi connectivity index (χ0) is 84.7. The Kier molecular flexibility index (Phi) is 28.1. The maximum Gasteiger partial charge on any atom is 0.379 e. The maximum atomic E-state index is 13.4. The lowest BCUT2D eigenvalue weighted by Gasteiger charge is -2.28. The van der Waals surface area contributed by atoms with Crippen LogP contribution in [0, 0.1) is 32.7 Å². The van der Waals surface area contributed by atoms with Crippen LogP contribution in [0.4, 0.5) is 22.0 Å². The summed E-state index contributed by atoms with van der Waals surface area (Å²) in [4.78, 5) is 74.2. The standard InChI is InChI=1S/C31H30ClFN4O4.C17H13FN2O3.C15H9FN2O3.C13H8BrFN2.C7H5BrN2.C6H4FI/c32-25-16-20(4-12-28(25)41-24-9-10-24)29(38)26(18-36-13-1-2-14-36)35-31(40)30(39)19-3-11-27-21(15-19)17-34-37(27)23-7-5-22(33)6-8-23;1-2-23-17(22)16(21)11-3-8-15-12(9-11)10-19-20(15)14-6-4-13(18)5-7-14;16-11-2-4-12(5-3-11)18-13-6-1-9(14(19)15(20)21)7-10(13)8-17-18;14-10-1-6-13-9(7-10)8-16-17(13)12-4-2-11(15)3-5-12;8-6-1-2-7-5(3-6)4-9-10-7;7-5-1-3-6(8)4-2-5/h3-8,11-12,15-17,24,26,29,38H,1-2,9-10,13-14,18H2,(H,35,40);3-10H,2H2,1H3;1-8H,(H,20,21);1-8H;1-4H,(H,9,10);1-4H/t26-,29-;;;;;/m1...../s1. The zero-order valence-electron chi connectivity index (χ0n) is 63.2. The Morgan fingerprint density at radius 2 is 0.908 bits per heavy atom. The summed E-state index contributed by atoms with van der Waals surface area (Å²) in [5.41, 5.74) is 8.19. The van der Waals surface area contributed by atoms with Crippen LogP contribution in [-0.2, 0) is 19.1 Å². The zero-order valence-corrected chi connectivity index (χ0v) is 69.3. The minimum atomic E-state index is -1.50. The third-order valence-electron chi connectivity index (χ3n) is 18.8. The molecule has 31 heteroatoms. The number of aliphatic hydroxyl groups excluding tert-OH is 1. The first-order valence-electron chi connectivity index (χ1n) is 37.2. The van der Waals surface area contributed by atoms with Crippen LogP contribution in [0.15, 0.2) is 270 Å². The smallest absolute Gasteiger partial charge is 0.379 e. The van der Waals surface area contributed by atoms with Crippen LogP contribution in [0.1, 0.15) is 75.3 Å². The number of nitrogens with one attached hydrogen (secondary N) is 2. The molecule has 0 spiro atoms. The first-order chi connectivity index (χ1) is 57.9. The van der Waals surface area contributed by atoms with Gasteiger partial charge in [0.05, 0.1) is 105 Å². The van der Waals surface area contributed by atoms with Crippen molar-refractivity contribution in [1.82, 2.24) is 59.5 Å². The van der Waals surface area contributed by atoms with Crippen molar-refractivity contribution in [2.75, 3.05) is 26.2 Å². The number of likely N-dealkylation sites (tertiary alicyclic amines) is 1. The van der Waals surface area contributed by atoms with Crippen molar-refractivity contribution in [2.45, 2.75) is 50.9 Å². The van der Waals surface area contributed by atoms with E-state index in [2.05, 4.69) is 95.3 Å². The SMILES string of the molecule is Brc1ccc2[nH]ncc2c1.CCOC(=O)C(=O)c1ccc2c(cnn2-c2ccc(F)cc2)c1.Fc1ccc(-n2ncc3cc(Br)ccc32)cc1.Fc1ccc(I)cc1.O=C(N[C@H](CN1CCCC1)[C@H](O)c1ccc(OC2CC2)c(Cl)c1)C(=O)c1ccc2c(cnn2-c2ccc(F)cc2)c1.O=C(O)C(=O)c1ccc2c(cnn2-c2ccc(F)cc2)c1. The minimum absolute atomic E-state index is 0.0913. The lowest BCUT2D eigenvalue weighted by atomic mass is 10.0. The number of amides is 1. The molecule has 4 N–H and O–H groups in total. The molecule has 0 bridgehead atoms. The van der Waals surface area contributed by atoms with Gasteiger partial charge >= 0.3 is 11.9 Å². The first-order valence-corrected chi connectivity index (χ1v) is 40.3. The molecule has 1 aliphatic carbocycles. The normalized spacial score (nSPS) is 12.8. The van der Waals surface area contributed by atoms with Gasteiger partial charge in [0.2, 0.25) is 5.78 Å². The number of esters is 1. The van der Waals surface area contributed by atoms with E-state index in [-0.39, 0.29) is 58.5 Å². The van der Waals surface area contributed by atoms with E-state index in [4.69, 9.17) is 26.2 Å². The third-order valence-corrected chi connectivity index (χ3v) is 20.8. The third kappa shape index (κ3) is 21.7. The van der Waals surface area contributed by atoms with E-state index < -0.39 is 47.3 Å². The van der Waals surface area contributed by atoms with E-state index in [1.165, 1.54) is 79.0 Å². The number of nitrogens with zero attached hydrogens (tertiary/aromatic N) is 10. The van der Waals surface area contributed by atoms with E-state index in [1.54, 1.807) is 172 Å². The number of carboxylic acid groups (broad SMARTS) is 1. The number of hydrogen-bond acceptors (Lipinski definition) is 15. The second kappa shape index (κ2) is 39.4. The molecule has 0 unspecified atom stereocenters. The summed E-state index contributed by atoms with van der Waals surface area (Å²) in [6.07, 6.45) is 11.5. The Balaban J connectivity index is 0.000000135. The van der Waals surface area contributed by atoms with Crippen LogP contribution < -0.4 is 10.1 Å². The number of Topliss-reactive ketones (excluding diaryl/α,β-unsaturated/α-hetero) is 3. The fourth-order valence-electron chi connectivity index (χ4n) is 12.7. The number of hydrogen-bond donors (Lipinski definition) is 4. The number of H-pyrrole nitrogens is 1. The molecular weight excluding hydrogens is 1810 g/mol. The molecule has 1 aliphatic heterocycles. The molecule has 1 saturated carbocycles. The van der Waals surface area contributed by atoms with Crippen molar-refractivity contribution in [1.29, 1.82) is 0 Å². The van der Waals surface area contributed by atoms with E-state index in [9.17, 15) is 55.8 Å². The maximum absolute atomic E-state index is 13.4. The van der Waals surface area contributed by atoms with Gasteiger partial charge in [-0.3, -0.25) is 24.3 Å². The van der Waals surface area contributed by atoms with Crippen LogP contribution >= 0.6 is 66.1 Å². The molecule has 16 aromatic rings. The molecule has 2 fully saturated rings. The predicted octanol–water partition coefficient (Wildman–Crippen LogP) is 18.9. The fraction of sp³-hybridized carbons (Fsp3) is 0.135. The van der Waals surface area contributed by atoms with Gasteiger partial charge in [-0.25, -0.2) is 50.3 Å². The first kappa shape index (κ1) is 85.4. The predicted molar refractivity (Wildman–Crippen MR) is 460 cm³/mol. The van der Waals surface area contributed by atoms with Gasteiger partial charge in [-0.15, -0.1) is 0 Å². The van der Waals surface area contributed by atoms with E-state index in [0.717, 1.165) is 84.3 Å². The van der Waals surface area contributed by atoms with Crippen LogP contribution in [0.3, 0.4) is 0 Å².